The summed E-state index contributed by atoms with van der Waals surface area (Å²) in [7, 11) is 0. The Kier molecular flexibility index (Phi) is 4.71. The molecular weight excluding hydrogens is 124 g/mol. The summed E-state index contributed by atoms with van der Waals surface area (Å²) in [5, 5.41) is 9.31. The summed E-state index contributed by atoms with van der Waals surface area (Å²) in [4.78, 5) is 0. The lowest BCUT2D eigenvalue weighted by molar-refractivity contribution is 0.0914. The Morgan fingerprint density at radius 3 is 1.80 bits per heavy atom. The normalized spacial score (nSPS) is 17.4. The summed E-state index contributed by atoms with van der Waals surface area (Å²) in [6, 6.07) is 0. The summed E-state index contributed by atoms with van der Waals surface area (Å²) < 4.78 is 0. The molecule has 10 heavy (non-hydrogen) atoms. The van der Waals surface area contributed by atoms with Gasteiger partial charge in [0.1, 0.15) is 0 Å². The maximum Gasteiger partial charge on any atom is 0.0542 e. The van der Waals surface area contributed by atoms with Crippen molar-refractivity contribution in [1.29, 1.82) is 0 Å². The van der Waals surface area contributed by atoms with Crippen LogP contribution in [0.5, 0.6) is 0 Å². The minimum absolute atomic E-state index is 0.139. The molecule has 1 N–H and O–H groups in total. The van der Waals surface area contributed by atoms with Crippen LogP contribution in [0.3, 0.4) is 0 Å². The maximum atomic E-state index is 9.31. The molecule has 62 valence electrons. The molecule has 0 aromatic carbocycles. The lowest BCUT2D eigenvalue weighted by Gasteiger charge is -2.22. The van der Waals surface area contributed by atoms with E-state index < -0.39 is 0 Å². The van der Waals surface area contributed by atoms with Crippen LogP contribution in [0.2, 0.25) is 0 Å². The van der Waals surface area contributed by atoms with E-state index in [0.717, 1.165) is 6.42 Å². The molecule has 0 aliphatic heterocycles. The van der Waals surface area contributed by atoms with E-state index in [1.54, 1.807) is 0 Å². The molecule has 0 radical (unpaired) electrons. The van der Waals surface area contributed by atoms with Crippen molar-refractivity contribution in [3.8, 4) is 0 Å². The van der Waals surface area contributed by atoms with Gasteiger partial charge in [0, 0.05) is 0 Å². The molecule has 0 saturated carbocycles. The van der Waals surface area contributed by atoms with E-state index in [4.69, 9.17) is 0 Å². The lowest BCUT2D eigenvalue weighted by Crippen LogP contribution is -2.21. The highest BCUT2D eigenvalue weighted by atomic mass is 16.3. The topological polar surface area (TPSA) is 20.2 Å². The highest BCUT2D eigenvalue weighted by molar-refractivity contribution is 4.67. The molecular formula is C9H20O. The molecule has 0 bridgehead atoms. The second-order valence-electron chi connectivity index (χ2n) is 3.44. The summed E-state index contributed by atoms with van der Waals surface area (Å²) >= 11 is 0. The van der Waals surface area contributed by atoms with Crippen LogP contribution in [-0.2, 0) is 0 Å². The first-order valence-electron chi connectivity index (χ1n) is 4.27. The Bertz CT molecular complexity index is 68.8. The molecule has 0 rings (SSSR count). The van der Waals surface area contributed by atoms with Crippen LogP contribution in [-0.4, -0.2) is 11.2 Å². The average molecular weight is 144 g/mol. The van der Waals surface area contributed by atoms with Crippen molar-refractivity contribution in [2.45, 2.75) is 46.6 Å². The predicted octanol–water partition coefficient (Wildman–Crippen LogP) is 2.44. The SMILES string of the molecule is CCC[C@H](C(C)C)[C@H](C)O. The van der Waals surface area contributed by atoms with Crippen molar-refractivity contribution >= 4 is 0 Å². The molecule has 0 aliphatic rings. The van der Waals surface area contributed by atoms with E-state index in [1.165, 1.54) is 6.42 Å². The van der Waals surface area contributed by atoms with Gasteiger partial charge in [-0.3, -0.25) is 0 Å². The first kappa shape index (κ1) is 9.96. The average Bonchev–Trinajstić information content (AvgIpc) is 1.81. The molecule has 0 unspecified atom stereocenters. The van der Waals surface area contributed by atoms with Crippen molar-refractivity contribution < 1.29 is 5.11 Å². The molecule has 1 heteroatoms. The number of hydrogen-bond acceptors (Lipinski definition) is 1. The molecule has 0 heterocycles. The van der Waals surface area contributed by atoms with Gasteiger partial charge < -0.3 is 5.11 Å². The second-order valence-corrected chi connectivity index (χ2v) is 3.44. The van der Waals surface area contributed by atoms with Gasteiger partial charge in [0.25, 0.3) is 0 Å². The highest BCUT2D eigenvalue weighted by Gasteiger charge is 2.16. The quantitative estimate of drug-likeness (QED) is 0.642. The number of rotatable bonds is 4. The van der Waals surface area contributed by atoms with Crippen molar-refractivity contribution in [2.75, 3.05) is 0 Å². The molecule has 2 atom stereocenters. The number of hydrogen-bond donors (Lipinski definition) is 1. The molecule has 0 fully saturated rings. The molecule has 0 saturated heterocycles. The Hall–Kier alpha value is -0.0400. The van der Waals surface area contributed by atoms with Crippen molar-refractivity contribution in [3.05, 3.63) is 0 Å². The van der Waals surface area contributed by atoms with Gasteiger partial charge in [0.2, 0.25) is 0 Å². The van der Waals surface area contributed by atoms with Gasteiger partial charge in [0.05, 0.1) is 6.10 Å². The van der Waals surface area contributed by atoms with Crippen LogP contribution in [0, 0.1) is 11.8 Å². The fourth-order valence-electron chi connectivity index (χ4n) is 1.46. The van der Waals surface area contributed by atoms with Crippen LogP contribution in [0.1, 0.15) is 40.5 Å². The molecule has 0 aromatic heterocycles. The van der Waals surface area contributed by atoms with E-state index in [0.29, 0.717) is 11.8 Å². The fraction of sp³-hybridized carbons (Fsp3) is 1.00. The largest absolute Gasteiger partial charge is 0.393 e. The van der Waals surface area contributed by atoms with Gasteiger partial charge in [0.15, 0.2) is 0 Å². The Labute approximate surface area is 64.5 Å². The Balaban J connectivity index is 3.73. The second kappa shape index (κ2) is 4.73. The lowest BCUT2D eigenvalue weighted by atomic mass is 9.87. The first-order chi connectivity index (χ1) is 4.59. The third-order valence-electron chi connectivity index (χ3n) is 2.10. The highest BCUT2D eigenvalue weighted by Crippen LogP contribution is 2.20. The zero-order chi connectivity index (χ0) is 8.15. The van der Waals surface area contributed by atoms with Crippen molar-refractivity contribution in [3.63, 3.8) is 0 Å². The van der Waals surface area contributed by atoms with Crippen molar-refractivity contribution in [1.82, 2.24) is 0 Å². The number of aliphatic hydroxyl groups is 1. The molecule has 1 nitrogen and oxygen atoms in total. The number of aliphatic hydroxyl groups excluding tert-OH is 1. The summed E-state index contributed by atoms with van der Waals surface area (Å²) in [5.74, 6) is 1.10. The fourth-order valence-corrected chi connectivity index (χ4v) is 1.46. The third-order valence-corrected chi connectivity index (χ3v) is 2.10. The standard InChI is InChI=1S/C9H20O/c1-5-6-9(7(2)3)8(4)10/h7-10H,5-6H2,1-4H3/t8-,9+/m0/s1. The third kappa shape index (κ3) is 3.21. The molecule has 0 aliphatic carbocycles. The minimum Gasteiger partial charge on any atom is -0.393 e. The zero-order valence-electron chi connectivity index (χ0n) is 7.59. The van der Waals surface area contributed by atoms with E-state index >= 15 is 0 Å². The summed E-state index contributed by atoms with van der Waals surface area (Å²) in [6.45, 7) is 8.40. The Morgan fingerprint density at radius 1 is 1.20 bits per heavy atom. The van der Waals surface area contributed by atoms with Gasteiger partial charge in [-0.25, -0.2) is 0 Å². The van der Waals surface area contributed by atoms with E-state index in [-0.39, 0.29) is 6.10 Å². The molecule has 0 amide bonds. The van der Waals surface area contributed by atoms with Crippen LogP contribution < -0.4 is 0 Å². The van der Waals surface area contributed by atoms with Gasteiger partial charge in [-0.05, 0) is 25.2 Å². The Morgan fingerprint density at radius 2 is 1.70 bits per heavy atom. The monoisotopic (exact) mass is 144 g/mol. The van der Waals surface area contributed by atoms with Gasteiger partial charge in [-0.15, -0.1) is 0 Å². The minimum atomic E-state index is -0.139. The molecule has 0 aromatic rings. The summed E-state index contributed by atoms with van der Waals surface area (Å²) in [6.07, 6.45) is 2.18. The van der Waals surface area contributed by atoms with Crippen LogP contribution in [0.4, 0.5) is 0 Å². The van der Waals surface area contributed by atoms with Gasteiger partial charge in [-0.2, -0.15) is 0 Å². The van der Waals surface area contributed by atoms with Crippen LogP contribution >= 0.6 is 0 Å². The maximum absolute atomic E-state index is 9.31. The van der Waals surface area contributed by atoms with E-state index in [9.17, 15) is 5.11 Å². The molecule has 0 spiro atoms. The van der Waals surface area contributed by atoms with Gasteiger partial charge >= 0.3 is 0 Å². The van der Waals surface area contributed by atoms with Crippen LogP contribution in [0.15, 0.2) is 0 Å². The summed E-state index contributed by atoms with van der Waals surface area (Å²) in [5.41, 5.74) is 0. The van der Waals surface area contributed by atoms with Crippen LogP contribution in [0.25, 0.3) is 0 Å². The predicted molar refractivity (Wildman–Crippen MR) is 44.9 cm³/mol. The zero-order valence-corrected chi connectivity index (χ0v) is 7.59. The first-order valence-corrected chi connectivity index (χ1v) is 4.27. The van der Waals surface area contributed by atoms with Crippen molar-refractivity contribution in [2.24, 2.45) is 11.8 Å². The smallest absolute Gasteiger partial charge is 0.0542 e. The van der Waals surface area contributed by atoms with Gasteiger partial charge in [-0.1, -0.05) is 27.2 Å². The van der Waals surface area contributed by atoms with E-state index in [1.807, 2.05) is 6.92 Å². The van der Waals surface area contributed by atoms with E-state index in [2.05, 4.69) is 20.8 Å².